The first-order chi connectivity index (χ1) is 6.50. The van der Waals surface area contributed by atoms with Crippen molar-refractivity contribution >= 4 is 5.97 Å². The molecule has 0 rings (SSSR count). The minimum atomic E-state index is -0.482. The molecule has 0 saturated carbocycles. The number of hydrogen-bond donors (Lipinski definition) is 0. The highest BCUT2D eigenvalue weighted by molar-refractivity contribution is 5.66. The average molecular weight is 202 g/mol. The van der Waals surface area contributed by atoms with Gasteiger partial charge in [-0.2, -0.15) is 0 Å². The quantitative estimate of drug-likeness (QED) is 0.621. The molecule has 3 heteroatoms. The largest absolute Gasteiger partial charge is 0.457 e. The predicted molar refractivity (Wildman–Crippen MR) is 56.2 cm³/mol. The number of ether oxygens (including phenoxy) is 2. The van der Waals surface area contributed by atoms with E-state index >= 15 is 0 Å². The maximum absolute atomic E-state index is 11.0. The number of carbonyl (C=O) groups excluding carboxylic acids is 1. The van der Waals surface area contributed by atoms with Crippen LogP contribution in [0.5, 0.6) is 0 Å². The molecule has 0 radical (unpaired) electrons. The summed E-state index contributed by atoms with van der Waals surface area (Å²) in [5.74, 6) is -0.239. The Morgan fingerprint density at radius 2 is 2.00 bits per heavy atom. The Labute approximate surface area is 86.8 Å². The molecular weight excluding hydrogens is 180 g/mol. The van der Waals surface area contributed by atoms with E-state index in [0.717, 1.165) is 19.3 Å². The number of rotatable bonds is 6. The molecule has 0 aliphatic carbocycles. The van der Waals surface area contributed by atoms with Gasteiger partial charge < -0.3 is 9.47 Å². The summed E-state index contributed by atoms with van der Waals surface area (Å²) in [6, 6.07) is 0. The summed E-state index contributed by atoms with van der Waals surface area (Å²) in [7, 11) is 1.66. The Hall–Kier alpha value is -0.570. The zero-order valence-corrected chi connectivity index (χ0v) is 9.92. The van der Waals surface area contributed by atoms with Crippen molar-refractivity contribution in [2.75, 3.05) is 7.11 Å². The van der Waals surface area contributed by atoms with Gasteiger partial charge in [0.2, 0.25) is 0 Å². The van der Waals surface area contributed by atoms with Crippen LogP contribution in [0.1, 0.15) is 47.0 Å². The van der Waals surface area contributed by atoms with Gasteiger partial charge in [0.15, 0.2) is 0 Å². The first-order valence-corrected chi connectivity index (χ1v) is 5.22. The van der Waals surface area contributed by atoms with Gasteiger partial charge in [-0.15, -0.1) is 0 Å². The van der Waals surface area contributed by atoms with Crippen LogP contribution in [0, 0.1) is 0 Å². The second-order valence-corrected chi connectivity index (χ2v) is 3.79. The van der Waals surface area contributed by atoms with Crippen LogP contribution < -0.4 is 0 Å². The van der Waals surface area contributed by atoms with Crippen LogP contribution >= 0.6 is 0 Å². The number of methoxy groups -OCH3 is 1. The van der Waals surface area contributed by atoms with E-state index < -0.39 is 5.60 Å². The second-order valence-electron chi connectivity index (χ2n) is 3.79. The molecular formula is C11H22O3. The molecule has 2 unspecified atom stereocenters. The molecule has 0 aliphatic heterocycles. The molecule has 0 aromatic carbocycles. The number of carbonyl (C=O) groups is 1. The lowest BCUT2D eigenvalue weighted by Gasteiger charge is -2.35. The van der Waals surface area contributed by atoms with Crippen LogP contribution in [0.2, 0.25) is 0 Å². The van der Waals surface area contributed by atoms with Gasteiger partial charge in [-0.05, 0) is 19.8 Å². The minimum Gasteiger partial charge on any atom is -0.457 e. The summed E-state index contributed by atoms with van der Waals surface area (Å²) in [6.45, 7) is 7.49. The smallest absolute Gasteiger partial charge is 0.303 e. The second kappa shape index (κ2) is 6.02. The average Bonchev–Trinajstić information content (AvgIpc) is 2.04. The number of hydrogen-bond acceptors (Lipinski definition) is 3. The molecule has 0 aliphatic rings. The van der Waals surface area contributed by atoms with E-state index in [1.807, 2.05) is 13.8 Å². The first kappa shape index (κ1) is 13.4. The molecule has 0 heterocycles. The molecule has 0 amide bonds. The van der Waals surface area contributed by atoms with Crippen molar-refractivity contribution in [3.05, 3.63) is 0 Å². The summed E-state index contributed by atoms with van der Waals surface area (Å²) in [5.41, 5.74) is -0.482. The van der Waals surface area contributed by atoms with Crippen molar-refractivity contribution in [2.24, 2.45) is 0 Å². The highest BCUT2D eigenvalue weighted by Crippen LogP contribution is 2.26. The van der Waals surface area contributed by atoms with Crippen molar-refractivity contribution in [1.82, 2.24) is 0 Å². The van der Waals surface area contributed by atoms with E-state index in [2.05, 4.69) is 6.92 Å². The fourth-order valence-electron chi connectivity index (χ4n) is 1.95. The maximum Gasteiger partial charge on any atom is 0.303 e. The van der Waals surface area contributed by atoms with Crippen LogP contribution in [0.3, 0.4) is 0 Å². The lowest BCUT2D eigenvalue weighted by Crippen LogP contribution is -2.44. The van der Waals surface area contributed by atoms with Gasteiger partial charge in [-0.1, -0.05) is 20.3 Å². The van der Waals surface area contributed by atoms with Gasteiger partial charge in [-0.3, -0.25) is 4.79 Å². The Morgan fingerprint density at radius 1 is 1.43 bits per heavy atom. The lowest BCUT2D eigenvalue weighted by molar-refractivity contribution is -0.172. The van der Waals surface area contributed by atoms with Gasteiger partial charge in [0.25, 0.3) is 0 Å². The summed E-state index contributed by atoms with van der Waals surface area (Å²) in [6.07, 6.45) is 2.63. The van der Waals surface area contributed by atoms with Crippen LogP contribution in [0.4, 0.5) is 0 Å². The highest BCUT2D eigenvalue weighted by Gasteiger charge is 2.35. The van der Waals surface area contributed by atoms with Gasteiger partial charge >= 0.3 is 5.97 Å². The van der Waals surface area contributed by atoms with E-state index in [1.54, 1.807) is 7.11 Å². The summed E-state index contributed by atoms with van der Waals surface area (Å²) in [5, 5.41) is 0. The van der Waals surface area contributed by atoms with Crippen LogP contribution in [0.25, 0.3) is 0 Å². The van der Waals surface area contributed by atoms with Gasteiger partial charge in [-0.25, -0.2) is 0 Å². The van der Waals surface area contributed by atoms with E-state index in [4.69, 9.17) is 9.47 Å². The molecule has 14 heavy (non-hydrogen) atoms. The third-order valence-electron chi connectivity index (χ3n) is 2.46. The van der Waals surface area contributed by atoms with Crippen molar-refractivity contribution < 1.29 is 14.3 Å². The summed E-state index contributed by atoms with van der Waals surface area (Å²) < 4.78 is 10.7. The molecule has 0 aromatic heterocycles. The lowest BCUT2D eigenvalue weighted by atomic mass is 9.91. The third kappa shape index (κ3) is 3.66. The Morgan fingerprint density at radius 3 is 2.29 bits per heavy atom. The molecule has 0 N–H and O–H groups in total. The fourth-order valence-corrected chi connectivity index (χ4v) is 1.95. The maximum atomic E-state index is 11.0. The monoisotopic (exact) mass is 202 g/mol. The molecule has 0 saturated heterocycles. The van der Waals surface area contributed by atoms with E-state index in [9.17, 15) is 4.79 Å². The van der Waals surface area contributed by atoms with Crippen molar-refractivity contribution in [2.45, 2.75) is 58.7 Å². The standard InChI is InChI=1S/C11H22O3/c1-6-8-11(4,14-9(3)12)10(7-2)13-5/h10H,6-8H2,1-5H3. The number of esters is 1. The molecule has 0 bridgehead atoms. The van der Waals surface area contributed by atoms with Crippen LogP contribution in [0.15, 0.2) is 0 Å². The Balaban J connectivity index is 4.57. The molecule has 2 atom stereocenters. The van der Waals surface area contributed by atoms with Gasteiger partial charge in [0.05, 0.1) is 6.10 Å². The van der Waals surface area contributed by atoms with Gasteiger partial charge in [0.1, 0.15) is 5.60 Å². The SMILES string of the molecule is CCCC(C)(OC(C)=O)C(CC)OC. The van der Waals surface area contributed by atoms with Crippen LogP contribution in [-0.2, 0) is 14.3 Å². The molecule has 0 aromatic rings. The van der Waals surface area contributed by atoms with E-state index in [0.29, 0.717) is 0 Å². The van der Waals surface area contributed by atoms with E-state index in [-0.39, 0.29) is 12.1 Å². The van der Waals surface area contributed by atoms with Crippen molar-refractivity contribution in [1.29, 1.82) is 0 Å². The fraction of sp³-hybridized carbons (Fsp3) is 0.909. The van der Waals surface area contributed by atoms with Gasteiger partial charge in [0, 0.05) is 14.0 Å². The summed E-state index contributed by atoms with van der Waals surface area (Å²) in [4.78, 5) is 11.0. The highest BCUT2D eigenvalue weighted by atomic mass is 16.6. The van der Waals surface area contributed by atoms with Crippen LogP contribution in [-0.4, -0.2) is 24.8 Å². The molecule has 0 fully saturated rings. The molecule has 3 nitrogen and oxygen atoms in total. The zero-order chi connectivity index (χ0) is 11.2. The normalized spacial score (nSPS) is 17.2. The molecule has 84 valence electrons. The summed E-state index contributed by atoms with van der Waals surface area (Å²) >= 11 is 0. The van der Waals surface area contributed by atoms with Crippen molar-refractivity contribution in [3.8, 4) is 0 Å². The van der Waals surface area contributed by atoms with E-state index in [1.165, 1.54) is 6.92 Å². The Kier molecular flexibility index (Phi) is 5.77. The zero-order valence-electron chi connectivity index (χ0n) is 9.92. The predicted octanol–water partition coefficient (Wildman–Crippen LogP) is 2.53. The third-order valence-corrected chi connectivity index (χ3v) is 2.46. The van der Waals surface area contributed by atoms with Crippen molar-refractivity contribution in [3.63, 3.8) is 0 Å². The first-order valence-electron chi connectivity index (χ1n) is 5.22. The Bertz CT molecular complexity index is 175. The topological polar surface area (TPSA) is 35.5 Å². The minimum absolute atomic E-state index is 0.0219. The molecule has 0 spiro atoms.